The van der Waals surface area contributed by atoms with Gasteiger partial charge in [0.1, 0.15) is 11.5 Å². The Morgan fingerprint density at radius 2 is 2.00 bits per heavy atom. The van der Waals surface area contributed by atoms with Crippen molar-refractivity contribution in [3.05, 3.63) is 23.8 Å². The van der Waals surface area contributed by atoms with E-state index >= 15 is 0 Å². The zero-order chi connectivity index (χ0) is 16.9. The molecule has 1 atom stereocenters. The van der Waals surface area contributed by atoms with Crippen LogP contribution in [0.2, 0.25) is 0 Å². The van der Waals surface area contributed by atoms with Crippen LogP contribution < -0.4 is 14.8 Å². The van der Waals surface area contributed by atoms with Gasteiger partial charge in [-0.2, -0.15) is 0 Å². The average Bonchev–Trinajstić information content (AvgIpc) is 3.12. The van der Waals surface area contributed by atoms with E-state index < -0.39 is 6.10 Å². The number of nitrogens with zero attached hydrogens (tertiary/aromatic N) is 1. The fourth-order valence-corrected chi connectivity index (χ4v) is 3.26. The van der Waals surface area contributed by atoms with Crippen molar-refractivity contribution in [3.63, 3.8) is 0 Å². The molecule has 24 heavy (non-hydrogen) atoms. The second-order valence-corrected chi connectivity index (χ2v) is 6.25. The van der Waals surface area contributed by atoms with Gasteiger partial charge in [-0.05, 0) is 31.0 Å². The summed E-state index contributed by atoms with van der Waals surface area (Å²) in [6.07, 6.45) is 5.58. The summed E-state index contributed by atoms with van der Waals surface area (Å²) >= 11 is 0. The van der Waals surface area contributed by atoms with E-state index in [0.29, 0.717) is 23.6 Å². The topological polar surface area (TPSA) is 69.1 Å². The van der Waals surface area contributed by atoms with E-state index in [2.05, 4.69) is 10.5 Å². The molecule has 0 unspecified atom stereocenters. The number of amides is 1. The Kier molecular flexibility index (Phi) is 5.23. The molecule has 3 rings (SSSR count). The molecule has 0 radical (unpaired) electrons. The van der Waals surface area contributed by atoms with Crippen LogP contribution in [0.25, 0.3) is 0 Å². The lowest BCUT2D eigenvalue weighted by atomic mass is 9.95. The molecule has 1 heterocycles. The number of hydrogen-bond donors (Lipinski definition) is 1. The molecule has 1 aromatic rings. The lowest BCUT2D eigenvalue weighted by molar-refractivity contribution is -0.132. The third kappa shape index (κ3) is 3.63. The summed E-state index contributed by atoms with van der Waals surface area (Å²) in [5.74, 6) is 1.32. The maximum atomic E-state index is 12.4. The van der Waals surface area contributed by atoms with E-state index in [1.807, 2.05) is 18.2 Å². The molecule has 1 N–H and O–H groups in total. The Morgan fingerprint density at radius 3 is 2.71 bits per heavy atom. The monoisotopic (exact) mass is 332 g/mol. The second-order valence-electron chi connectivity index (χ2n) is 6.25. The van der Waals surface area contributed by atoms with Crippen molar-refractivity contribution in [1.29, 1.82) is 0 Å². The predicted octanol–water partition coefficient (Wildman–Crippen LogP) is 2.65. The van der Waals surface area contributed by atoms with E-state index in [-0.39, 0.29) is 11.9 Å². The lowest BCUT2D eigenvalue weighted by Gasteiger charge is -2.23. The minimum atomic E-state index is -0.571. The first-order chi connectivity index (χ1) is 11.7. The number of rotatable bonds is 5. The molecule has 1 fully saturated rings. The minimum Gasteiger partial charge on any atom is -0.497 e. The van der Waals surface area contributed by atoms with Crippen molar-refractivity contribution in [2.45, 2.75) is 50.7 Å². The highest BCUT2D eigenvalue weighted by molar-refractivity contribution is 6.06. The second kappa shape index (κ2) is 7.55. The number of methoxy groups -OCH3 is 2. The highest BCUT2D eigenvalue weighted by Gasteiger charge is 2.31. The molecule has 0 spiro atoms. The van der Waals surface area contributed by atoms with Gasteiger partial charge in [0.2, 0.25) is 6.10 Å². The van der Waals surface area contributed by atoms with Crippen LogP contribution in [0.5, 0.6) is 11.5 Å². The first-order valence-electron chi connectivity index (χ1n) is 8.46. The van der Waals surface area contributed by atoms with Crippen LogP contribution in [-0.2, 0) is 9.63 Å². The molecule has 1 aliphatic carbocycles. The summed E-state index contributed by atoms with van der Waals surface area (Å²) in [5.41, 5.74) is 1.50. The standard InChI is InChI=1S/C18H24N2O4/c1-22-13-8-9-16(23-2)14(10-13)15-11-17(24-20-15)18(21)19-12-6-4-3-5-7-12/h8-10,12,17H,3-7,11H2,1-2H3,(H,19,21)/t17-/m0/s1. The molecule has 0 saturated heterocycles. The minimum absolute atomic E-state index is 0.0810. The number of carbonyl (C=O) groups is 1. The smallest absolute Gasteiger partial charge is 0.264 e. The summed E-state index contributed by atoms with van der Waals surface area (Å²) in [6, 6.07) is 5.77. The van der Waals surface area contributed by atoms with Gasteiger partial charge in [-0.15, -0.1) is 0 Å². The van der Waals surface area contributed by atoms with Gasteiger partial charge in [0.05, 0.1) is 19.9 Å². The van der Waals surface area contributed by atoms with Crippen LogP contribution in [0.3, 0.4) is 0 Å². The van der Waals surface area contributed by atoms with E-state index in [4.69, 9.17) is 14.3 Å². The lowest BCUT2D eigenvalue weighted by Crippen LogP contribution is -2.42. The zero-order valence-corrected chi connectivity index (χ0v) is 14.2. The van der Waals surface area contributed by atoms with Gasteiger partial charge in [-0.3, -0.25) is 4.79 Å². The summed E-state index contributed by atoms with van der Waals surface area (Å²) in [5, 5.41) is 7.20. The van der Waals surface area contributed by atoms with Gasteiger partial charge < -0.3 is 19.6 Å². The highest BCUT2D eigenvalue weighted by atomic mass is 16.6. The van der Waals surface area contributed by atoms with Crippen molar-refractivity contribution < 1.29 is 19.1 Å². The number of nitrogens with one attached hydrogen (secondary N) is 1. The number of hydrogen-bond acceptors (Lipinski definition) is 5. The maximum absolute atomic E-state index is 12.4. The Labute approximate surface area is 142 Å². The Balaban J connectivity index is 1.65. The van der Waals surface area contributed by atoms with Crippen molar-refractivity contribution >= 4 is 11.6 Å². The third-order valence-electron chi connectivity index (χ3n) is 4.63. The van der Waals surface area contributed by atoms with Gasteiger partial charge >= 0.3 is 0 Å². The van der Waals surface area contributed by atoms with E-state index in [9.17, 15) is 4.79 Å². The molecular formula is C18H24N2O4. The van der Waals surface area contributed by atoms with Crippen molar-refractivity contribution in [2.24, 2.45) is 5.16 Å². The predicted molar refractivity (Wildman–Crippen MR) is 90.6 cm³/mol. The molecule has 1 saturated carbocycles. The van der Waals surface area contributed by atoms with Crippen LogP contribution in [0.4, 0.5) is 0 Å². The van der Waals surface area contributed by atoms with Gasteiger partial charge in [-0.1, -0.05) is 24.4 Å². The summed E-state index contributed by atoms with van der Waals surface area (Å²) in [6.45, 7) is 0. The maximum Gasteiger partial charge on any atom is 0.264 e. The molecule has 2 aliphatic rings. The van der Waals surface area contributed by atoms with Crippen LogP contribution in [-0.4, -0.2) is 38.0 Å². The first kappa shape index (κ1) is 16.6. The summed E-state index contributed by atoms with van der Waals surface area (Å²) < 4.78 is 10.6. The molecule has 1 aromatic carbocycles. The van der Waals surface area contributed by atoms with E-state index in [1.54, 1.807) is 14.2 Å². The Morgan fingerprint density at radius 1 is 1.21 bits per heavy atom. The molecule has 0 aromatic heterocycles. The Hall–Kier alpha value is -2.24. The van der Waals surface area contributed by atoms with Crippen LogP contribution >= 0.6 is 0 Å². The quantitative estimate of drug-likeness (QED) is 0.900. The fraction of sp³-hybridized carbons (Fsp3) is 0.556. The number of carbonyl (C=O) groups excluding carboxylic acids is 1. The molecular weight excluding hydrogens is 308 g/mol. The van der Waals surface area contributed by atoms with Crippen LogP contribution in [0.15, 0.2) is 23.4 Å². The van der Waals surface area contributed by atoms with Gasteiger partial charge in [0.25, 0.3) is 5.91 Å². The number of benzene rings is 1. The van der Waals surface area contributed by atoms with Gasteiger partial charge in [0.15, 0.2) is 0 Å². The van der Waals surface area contributed by atoms with E-state index in [1.165, 1.54) is 19.3 Å². The van der Waals surface area contributed by atoms with Crippen molar-refractivity contribution in [2.75, 3.05) is 14.2 Å². The molecule has 130 valence electrons. The SMILES string of the molecule is COc1ccc(OC)c(C2=NO[C@H](C(=O)NC3CCCCC3)C2)c1. The highest BCUT2D eigenvalue weighted by Crippen LogP contribution is 2.29. The van der Waals surface area contributed by atoms with Crippen molar-refractivity contribution in [1.82, 2.24) is 5.32 Å². The summed E-state index contributed by atoms with van der Waals surface area (Å²) in [7, 11) is 3.22. The van der Waals surface area contributed by atoms with Crippen molar-refractivity contribution in [3.8, 4) is 11.5 Å². The molecule has 1 amide bonds. The largest absolute Gasteiger partial charge is 0.497 e. The molecule has 0 bridgehead atoms. The first-order valence-corrected chi connectivity index (χ1v) is 8.46. The third-order valence-corrected chi connectivity index (χ3v) is 4.63. The number of oxime groups is 1. The normalized spacial score (nSPS) is 20.9. The zero-order valence-electron chi connectivity index (χ0n) is 14.2. The molecule has 6 nitrogen and oxygen atoms in total. The van der Waals surface area contributed by atoms with E-state index in [0.717, 1.165) is 18.4 Å². The average molecular weight is 332 g/mol. The van der Waals surface area contributed by atoms with Crippen LogP contribution in [0.1, 0.15) is 44.1 Å². The van der Waals surface area contributed by atoms with Crippen LogP contribution in [0, 0.1) is 0 Å². The number of ether oxygens (including phenoxy) is 2. The summed E-state index contributed by atoms with van der Waals surface area (Å²) in [4.78, 5) is 17.8. The van der Waals surface area contributed by atoms with Gasteiger partial charge in [0, 0.05) is 18.0 Å². The van der Waals surface area contributed by atoms with Gasteiger partial charge in [-0.25, -0.2) is 0 Å². The Bertz CT molecular complexity index is 623. The fourth-order valence-electron chi connectivity index (χ4n) is 3.26. The molecule has 6 heteroatoms. The molecule has 1 aliphatic heterocycles.